The average Bonchev–Trinajstić information content (AvgIpc) is 2.69. The van der Waals surface area contributed by atoms with Crippen molar-refractivity contribution in [2.45, 2.75) is 13.8 Å². The van der Waals surface area contributed by atoms with Crippen molar-refractivity contribution in [3.8, 4) is 5.75 Å². The van der Waals surface area contributed by atoms with Crippen molar-refractivity contribution in [2.24, 2.45) is 5.10 Å². The highest BCUT2D eigenvalue weighted by molar-refractivity contribution is 9.10. The zero-order chi connectivity index (χ0) is 19.9. The molecule has 3 aromatic carbocycles. The third-order valence-corrected chi connectivity index (χ3v) is 4.76. The van der Waals surface area contributed by atoms with Crippen LogP contribution in [0.4, 0.5) is 5.69 Å². The van der Waals surface area contributed by atoms with E-state index in [0.29, 0.717) is 12.4 Å². The van der Waals surface area contributed by atoms with Gasteiger partial charge in [0.2, 0.25) is 0 Å². The van der Waals surface area contributed by atoms with Gasteiger partial charge in [0.25, 0.3) is 5.91 Å². The van der Waals surface area contributed by atoms with Crippen molar-refractivity contribution in [3.05, 3.63) is 70.2 Å². The Balaban J connectivity index is 1.72. The molecule has 0 spiro atoms. The summed E-state index contributed by atoms with van der Waals surface area (Å²) in [6.07, 6.45) is 1.63. The Hall–Kier alpha value is -2.86. The van der Waals surface area contributed by atoms with Gasteiger partial charge in [0, 0.05) is 11.3 Å². The Kier molecular flexibility index (Phi) is 6.66. The van der Waals surface area contributed by atoms with Crippen molar-refractivity contribution in [3.63, 3.8) is 0 Å². The maximum Gasteiger partial charge on any atom is 0.259 e. The van der Waals surface area contributed by atoms with Crippen molar-refractivity contribution in [1.82, 2.24) is 5.43 Å². The molecule has 0 saturated heterocycles. The van der Waals surface area contributed by atoms with Crippen LogP contribution in [0, 0.1) is 6.92 Å². The molecule has 0 bridgehead atoms. The van der Waals surface area contributed by atoms with E-state index in [9.17, 15) is 4.79 Å². The second-order valence-corrected chi connectivity index (χ2v) is 7.12. The fourth-order valence-corrected chi connectivity index (χ4v) is 3.38. The number of rotatable bonds is 7. The molecule has 0 atom stereocenters. The Morgan fingerprint density at radius 1 is 1.18 bits per heavy atom. The van der Waals surface area contributed by atoms with E-state index in [1.807, 2.05) is 68.4 Å². The molecule has 0 aromatic heterocycles. The Morgan fingerprint density at radius 2 is 1.93 bits per heavy atom. The molecule has 0 heterocycles. The molecule has 0 radical (unpaired) electrons. The molecular formula is C22H22BrN3O2. The van der Waals surface area contributed by atoms with Crippen molar-refractivity contribution in [2.75, 3.05) is 18.5 Å². The number of carbonyl (C=O) groups is 1. The van der Waals surface area contributed by atoms with Gasteiger partial charge in [-0.25, -0.2) is 5.43 Å². The number of fused-ring (bicyclic) bond motifs is 1. The van der Waals surface area contributed by atoms with Gasteiger partial charge in [0.15, 0.2) is 0 Å². The molecule has 0 aliphatic carbocycles. The first-order chi connectivity index (χ1) is 13.6. The lowest BCUT2D eigenvalue weighted by molar-refractivity contribution is -0.119. The van der Waals surface area contributed by atoms with E-state index in [1.54, 1.807) is 6.21 Å². The smallest absolute Gasteiger partial charge is 0.259 e. The molecule has 1 amide bonds. The lowest BCUT2D eigenvalue weighted by Crippen LogP contribution is -2.25. The van der Waals surface area contributed by atoms with Crippen LogP contribution in [0.1, 0.15) is 18.1 Å². The van der Waals surface area contributed by atoms with E-state index in [1.165, 1.54) is 5.56 Å². The summed E-state index contributed by atoms with van der Waals surface area (Å²) in [7, 11) is 0. The number of amides is 1. The highest BCUT2D eigenvalue weighted by Gasteiger charge is 2.12. The normalized spacial score (nSPS) is 11.0. The van der Waals surface area contributed by atoms with Crippen LogP contribution >= 0.6 is 15.9 Å². The quantitative estimate of drug-likeness (QED) is 0.407. The highest BCUT2D eigenvalue weighted by Crippen LogP contribution is 2.34. The van der Waals surface area contributed by atoms with Gasteiger partial charge < -0.3 is 10.1 Å². The summed E-state index contributed by atoms with van der Waals surface area (Å²) in [5, 5.41) is 9.28. The lowest BCUT2D eigenvalue weighted by atomic mass is 10.0. The van der Waals surface area contributed by atoms with Crippen LogP contribution in [0.15, 0.2) is 64.2 Å². The largest absolute Gasteiger partial charge is 0.492 e. The van der Waals surface area contributed by atoms with Crippen molar-refractivity contribution < 1.29 is 9.53 Å². The summed E-state index contributed by atoms with van der Waals surface area (Å²) >= 11 is 3.56. The van der Waals surface area contributed by atoms with Crippen LogP contribution < -0.4 is 15.5 Å². The molecule has 6 heteroatoms. The van der Waals surface area contributed by atoms with Gasteiger partial charge in [-0.3, -0.25) is 4.79 Å². The third kappa shape index (κ3) is 4.89. The summed E-state index contributed by atoms with van der Waals surface area (Å²) < 4.78 is 6.63. The van der Waals surface area contributed by atoms with Gasteiger partial charge in [-0.1, -0.05) is 42.0 Å². The van der Waals surface area contributed by atoms with Crippen molar-refractivity contribution in [1.29, 1.82) is 0 Å². The first-order valence-electron chi connectivity index (χ1n) is 9.05. The molecule has 3 aromatic rings. The van der Waals surface area contributed by atoms with E-state index in [0.717, 1.165) is 26.5 Å². The topological polar surface area (TPSA) is 62.7 Å². The molecule has 0 fully saturated rings. The minimum absolute atomic E-state index is 0.137. The predicted octanol–water partition coefficient (Wildman–Crippen LogP) is 4.87. The molecule has 3 rings (SSSR count). The summed E-state index contributed by atoms with van der Waals surface area (Å²) in [6.45, 7) is 4.62. The molecule has 28 heavy (non-hydrogen) atoms. The first-order valence-corrected chi connectivity index (χ1v) is 9.84. The number of nitrogens with one attached hydrogen (secondary N) is 2. The number of hydrazone groups is 1. The minimum atomic E-state index is -0.228. The summed E-state index contributed by atoms with van der Waals surface area (Å²) in [5.41, 5.74) is 5.44. The second kappa shape index (κ2) is 9.37. The zero-order valence-corrected chi connectivity index (χ0v) is 17.4. The second-order valence-electron chi connectivity index (χ2n) is 6.27. The summed E-state index contributed by atoms with van der Waals surface area (Å²) in [4.78, 5) is 12.1. The molecule has 144 valence electrons. The molecule has 0 saturated carbocycles. The van der Waals surface area contributed by atoms with E-state index in [-0.39, 0.29) is 12.5 Å². The average molecular weight is 440 g/mol. The van der Waals surface area contributed by atoms with Crippen LogP contribution in [0.3, 0.4) is 0 Å². The number of halogens is 1. The maximum absolute atomic E-state index is 12.1. The number of ether oxygens (including phenoxy) is 1. The zero-order valence-electron chi connectivity index (χ0n) is 15.8. The first kappa shape index (κ1) is 19.9. The predicted molar refractivity (Wildman–Crippen MR) is 118 cm³/mol. The van der Waals surface area contributed by atoms with E-state index >= 15 is 0 Å². The highest BCUT2D eigenvalue weighted by atomic mass is 79.9. The number of carbonyl (C=O) groups excluding carboxylic acids is 1. The van der Waals surface area contributed by atoms with E-state index in [4.69, 9.17) is 4.74 Å². The van der Waals surface area contributed by atoms with Gasteiger partial charge in [-0.15, -0.1) is 0 Å². The fraction of sp³-hybridized carbons (Fsp3) is 0.182. The SMILES string of the molecule is CCOc1c(Br)cc2ccccc2c1/C=N\NC(=O)CNc1ccc(C)cc1. The number of aryl methyl sites for hydroxylation is 1. The van der Waals surface area contributed by atoms with Gasteiger partial charge >= 0.3 is 0 Å². The van der Waals surface area contributed by atoms with E-state index in [2.05, 4.69) is 31.8 Å². The lowest BCUT2D eigenvalue weighted by Gasteiger charge is -2.12. The number of anilines is 1. The number of nitrogens with zero attached hydrogens (tertiary/aromatic N) is 1. The summed E-state index contributed by atoms with van der Waals surface area (Å²) in [6, 6.07) is 17.9. The molecule has 0 aliphatic heterocycles. The Labute approximate surface area is 172 Å². The van der Waals surface area contributed by atoms with Crippen LogP contribution in [0.25, 0.3) is 10.8 Å². The molecule has 0 aliphatic rings. The van der Waals surface area contributed by atoms with Gasteiger partial charge in [-0.05, 0) is 58.7 Å². The number of benzene rings is 3. The standard InChI is InChI=1S/C22H22BrN3O2/c1-3-28-22-19(18-7-5-4-6-16(18)12-20(22)23)13-25-26-21(27)14-24-17-10-8-15(2)9-11-17/h4-13,24H,3,14H2,1-2H3,(H,26,27)/b25-13-. The molecule has 5 nitrogen and oxygen atoms in total. The Bertz CT molecular complexity index is 1000. The number of hydrogen-bond acceptors (Lipinski definition) is 4. The molecule has 0 unspecified atom stereocenters. The Morgan fingerprint density at radius 3 is 2.68 bits per heavy atom. The van der Waals surface area contributed by atoms with Gasteiger partial charge in [-0.2, -0.15) is 5.10 Å². The maximum atomic E-state index is 12.1. The number of hydrogen-bond donors (Lipinski definition) is 2. The molecular weight excluding hydrogens is 418 g/mol. The van der Waals surface area contributed by atoms with Crippen LogP contribution in [-0.4, -0.2) is 25.3 Å². The monoisotopic (exact) mass is 439 g/mol. The molecule has 2 N–H and O–H groups in total. The van der Waals surface area contributed by atoms with Crippen LogP contribution in [0.2, 0.25) is 0 Å². The van der Waals surface area contributed by atoms with Crippen LogP contribution in [-0.2, 0) is 4.79 Å². The summed E-state index contributed by atoms with van der Waals surface area (Å²) in [5.74, 6) is 0.478. The van der Waals surface area contributed by atoms with Gasteiger partial charge in [0.05, 0.1) is 23.8 Å². The minimum Gasteiger partial charge on any atom is -0.492 e. The fourth-order valence-electron chi connectivity index (χ4n) is 2.80. The van der Waals surface area contributed by atoms with Gasteiger partial charge in [0.1, 0.15) is 5.75 Å². The van der Waals surface area contributed by atoms with Crippen molar-refractivity contribution >= 4 is 44.5 Å². The van der Waals surface area contributed by atoms with Crippen LogP contribution in [0.5, 0.6) is 5.75 Å². The third-order valence-electron chi connectivity index (χ3n) is 4.17. The van der Waals surface area contributed by atoms with E-state index < -0.39 is 0 Å².